The number of carbonyl (C=O) groups is 2. The quantitative estimate of drug-likeness (QED) is 0.611. The number of carbonyl (C=O) groups excluding carboxylic acids is 2. The molecule has 0 fully saturated rings. The summed E-state index contributed by atoms with van der Waals surface area (Å²) in [5.74, 6) is -3.51. The van der Waals surface area contributed by atoms with E-state index < -0.39 is 23.3 Å². The van der Waals surface area contributed by atoms with Crippen molar-refractivity contribution >= 4 is 17.4 Å². The first-order valence-corrected chi connectivity index (χ1v) is 5.47. The van der Waals surface area contributed by atoms with Crippen molar-refractivity contribution in [2.45, 2.75) is 13.3 Å². The predicted octanol–water partition coefficient (Wildman–Crippen LogP) is 2.46. The molecule has 0 bridgehead atoms. The Bertz CT molecular complexity index is 566. The number of benzene rings is 1. The third-order valence-corrected chi connectivity index (χ3v) is 2.86. The van der Waals surface area contributed by atoms with Crippen LogP contribution in [0.25, 0.3) is 0 Å². The van der Waals surface area contributed by atoms with E-state index in [1.165, 1.54) is 0 Å². The van der Waals surface area contributed by atoms with Gasteiger partial charge in [-0.1, -0.05) is 19.1 Å². The first-order chi connectivity index (χ1) is 8.45. The minimum Gasteiger partial charge on any atom is -0.298 e. The molecule has 1 aliphatic rings. The number of Topliss-reactive ketones (excluding diaryl/α,β-unsaturated/α-hetero) is 1. The van der Waals surface area contributed by atoms with Crippen LogP contribution in [0.1, 0.15) is 23.7 Å². The Hall–Kier alpha value is -2.04. The molecule has 0 aliphatic carbocycles. The average molecular weight is 251 g/mol. The standard InChI is InChI=1S/C13H11F2NO2/c1-3-7(2)6-16-11-9(12(17)13(16)18)4-8(14)5-10(11)15/h4-5H,2-3,6H2,1H3. The smallest absolute Gasteiger partial charge is 0.298 e. The molecule has 1 aromatic rings. The number of rotatable bonds is 3. The second-order valence-electron chi connectivity index (χ2n) is 4.11. The summed E-state index contributed by atoms with van der Waals surface area (Å²) in [5, 5.41) is 0. The lowest BCUT2D eigenvalue weighted by Crippen LogP contribution is -2.31. The van der Waals surface area contributed by atoms with Crippen molar-refractivity contribution in [1.82, 2.24) is 0 Å². The number of halogens is 2. The Labute approximate surface area is 103 Å². The maximum Gasteiger partial charge on any atom is 0.299 e. The van der Waals surface area contributed by atoms with Crippen molar-refractivity contribution in [3.63, 3.8) is 0 Å². The summed E-state index contributed by atoms with van der Waals surface area (Å²) >= 11 is 0. The van der Waals surface area contributed by atoms with Crippen LogP contribution < -0.4 is 4.90 Å². The molecule has 0 saturated heterocycles. The van der Waals surface area contributed by atoms with E-state index in [9.17, 15) is 18.4 Å². The zero-order chi connectivity index (χ0) is 13.4. The van der Waals surface area contributed by atoms with Gasteiger partial charge in [0.2, 0.25) is 0 Å². The third-order valence-electron chi connectivity index (χ3n) is 2.86. The monoisotopic (exact) mass is 251 g/mol. The Morgan fingerprint density at radius 2 is 2.00 bits per heavy atom. The van der Waals surface area contributed by atoms with E-state index in [1.54, 1.807) is 0 Å². The normalized spacial score (nSPS) is 14.1. The first kappa shape index (κ1) is 12.4. The number of amides is 1. The summed E-state index contributed by atoms with van der Waals surface area (Å²) in [6, 6.07) is 1.54. The maximum atomic E-state index is 13.7. The highest BCUT2D eigenvalue weighted by atomic mass is 19.1. The van der Waals surface area contributed by atoms with Crippen LogP contribution >= 0.6 is 0 Å². The van der Waals surface area contributed by atoms with E-state index in [0.29, 0.717) is 18.1 Å². The lowest BCUT2D eigenvalue weighted by atomic mass is 10.1. The van der Waals surface area contributed by atoms with Crippen molar-refractivity contribution in [3.05, 3.63) is 41.5 Å². The highest BCUT2D eigenvalue weighted by Crippen LogP contribution is 2.33. The van der Waals surface area contributed by atoms with Crippen molar-refractivity contribution in [1.29, 1.82) is 0 Å². The van der Waals surface area contributed by atoms with Gasteiger partial charge in [-0.2, -0.15) is 0 Å². The topological polar surface area (TPSA) is 37.4 Å². The fraction of sp³-hybridized carbons (Fsp3) is 0.231. The highest BCUT2D eigenvalue weighted by Gasteiger charge is 2.38. The van der Waals surface area contributed by atoms with E-state index in [1.807, 2.05) is 6.92 Å². The lowest BCUT2D eigenvalue weighted by Gasteiger charge is -2.17. The fourth-order valence-electron chi connectivity index (χ4n) is 1.84. The first-order valence-electron chi connectivity index (χ1n) is 5.47. The van der Waals surface area contributed by atoms with E-state index >= 15 is 0 Å². The second-order valence-corrected chi connectivity index (χ2v) is 4.11. The molecule has 2 rings (SSSR count). The third kappa shape index (κ3) is 1.81. The van der Waals surface area contributed by atoms with E-state index in [2.05, 4.69) is 6.58 Å². The van der Waals surface area contributed by atoms with Gasteiger partial charge in [-0.25, -0.2) is 8.78 Å². The van der Waals surface area contributed by atoms with Gasteiger partial charge in [0.05, 0.1) is 11.3 Å². The molecule has 1 aliphatic heterocycles. The van der Waals surface area contributed by atoms with E-state index in [-0.39, 0.29) is 17.8 Å². The molecule has 1 amide bonds. The molecule has 0 radical (unpaired) electrons. The number of hydrogen-bond donors (Lipinski definition) is 0. The maximum absolute atomic E-state index is 13.7. The molecule has 18 heavy (non-hydrogen) atoms. The van der Waals surface area contributed by atoms with Gasteiger partial charge in [0.25, 0.3) is 11.7 Å². The molecular weight excluding hydrogens is 240 g/mol. The molecule has 0 aromatic heterocycles. The molecule has 5 heteroatoms. The van der Waals surface area contributed by atoms with Crippen LogP contribution in [0.4, 0.5) is 14.5 Å². The number of ketones is 1. The lowest BCUT2D eigenvalue weighted by molar-refractivity contribution is -0.114. The van der Waals surface area contributed by atoms with Crippen LogP contribution in [-0.2, 0) is 4.79 Å². The molecule has 1 heterocycles. The average Bonchev–Trinajstić information content (AvgIpc) is 2.54. The molecule has 0 atom stereocenters. The fourth-order valence-corrected chi connectivity index (χ4v) is 1.84. The Kier molecular flexibility index (Phi) is 2.98. The van der Waals surface area contributed by atoms with Gasteiger partial charge in [-0.3, -0.25) is 14.5 Å². The number of nitrogens with zero attached hydrogens (tertiary/aromatic N) is 1. The highest BCUT2D eigenvalue weighted by molar-refractivity contribution is 6.52. The predicted molar refractivity (Wildman–Crippen MR) is 62.5 cm³/mol. The van der Waals surface area contributed by atoms with Gasteiger partial charge in [-0.15, -0.1) is 0 Å². The van der Waals surface area contributed by atoms with Crippen LogP contribution in [-0.4, -0.2) is 18.2 Å². The van der Waals surface area contributed by atoms with Crippen molar-refractivity contribution in [3.8, 4) is 0 Å². The number of anilines is 1. The zero-order valence-electron chi connectivity index (χ0n) is 9.80. The number of fused-ring (bicyclic) bond motifs is 1. The number of hydrogen-bond acceptors (Lipinski definition) is 2. The van der Waals surface area contributed by atoms with Crippen LogP contribution in [0.5, 0.6) is 0 Å². The van der Waals surface area contributed by atoms with Gasteiger partial charge < -0.3 is 0 Å². The van der Waals surface area contributed by atoms with Gasteiger partial charge in [-0.05, 0) is 12.5 Å². The summed E-state index contributed by atoms with van der Waals surface area (Å²) in [6.45, 7) is 5.62. The summed E-state index contributed by atoms with van der Waals surface area (Å²) in [6.07, 6.45) is 0.607. The Morgan fingerprint density at radius 1 is 1.33 bits per heavy atom. The summed E-state index contributed by atoms with van der Waals surface area (Å²) in [4.78, 5) is 24.4. The van der Waals surface area contributed by atoms with Crippen LogP contribution in [0, 0.1) is 11.6 Å². The van der Waals surface area contributed by atoms with Gasteiger partial charge >= 0.3 is 0 Å². The molecule has 0 unspecified atom stereocenters. The van der Waals surface area contributed by atoms with Gasteiger partial charge in [0.15, 0.2) is 5.82 Å². The van der Waals surface area contributed by atoms with E-state index in [0.717, 1.165) is 11.0 Å². The molecule has 3 nitrogen and oxygen atoms in total. The van der Waals surface area contributed by atoms with Crippen molar-refractivity contribution in [2.24, 2.45) is 0 Å². The molecule has 0 saturated carbocycles. The Morgan fingerprint density at radius 3 is 2.61 bits per heavy atom. The SMILES string of the molecule is C=C(CC)CN1C(=O)C(=O)c2cc(F)cc(F)c21. The van der Waals surface area contributed by atoms with Crippen LogP contribution in [0.3, 0.4) is 0 Å². The van der Waals surface area contributed by atoms with Crippen LogP contribution in [0.15, 0.2) is 24.3 Å². The second kappa shape index (κ2) is 4.33. The van der Waals surface area contributed by atoms with Gasteiger partial charge in [0.1, 0.15) is 5.82 Å². The summed E-state index contributed by atoms with van der Waals surface area (Å²) < 4.78 is 26.7. The minimum atomic E-state index is -0.909. The van der Waals surface area contributed by atoms with Crippen molar-refractivity contribution in [2.75, 3.05) is 11.4 Å². The molecule has 94 valence electrons. The summed E-state index contributed by atoms with van der Waals surface area (Å²) in [5.41, 5.74) is 0.315. The molecule has 1 aromatic carbocycles. The largest absolute Gasteiger partial charge is 0.299 e. The zero-order valence-corrected chi connectivity index (χ0v) is 9.80. The Balaban J connectivity index is 2.51. The molecule has 0 N–H and O–H groups in total. The molecule has 0 spiro atoms. The van der Waals surface area contributed by atoms with Gasteiger partial charge in [0, 0.05) is 12.6 Å². The minimum absolute atomic E-state index is 0.0661. The van der Waals surface area contributed by atoms with E-state index in [4.69, 9.17) is 0 Å². The van der Waals surface area contributed by atoms with Crippen molar-refractivity contribution < 1.29 is 18.4 Å². The summed E-state index contributed by atoms with van der Waals surface area (Å²) in [7, 11) is 0. The van der Waals surface area contributed by atoms with Crippen LogP contribution in [0.2, 0.25) is 0 Å². The molecular formula is C13H11F2NO2.